The summed E-state index contributed by atoms with van der Waals surface area (Å²) < 4.78 is 0. The fraction of sp³-hybridized carbons (Fsp3) is 0.889. The van der Waals surface area contributed by atoms with Gasteiger partial charge in [-0.2, -0.15) is 0 Å². The number of piperidine rings is 1. The normalized spacial score (nSPS) is 25.2. The van der Waals surface area contributed by atoms with Gasteiger partial charge in [0.15, 0.2) is 0 Å². The van der Waals surface area contributed by atoms with Crippen molar-refractivity contribution in [2.75, 3.05) is 26.2 Å². The Hall–Kier alpha value is -0.810. The molecule has 2 aliphatic heterocycles. The second-order valence-corrected chi connectivity index (χ2v) is 7.67. The SMILES string of the molecule is CC(C)C(C)CC(=O)N1CCCC(CNC(=O)C2CCCN2)C1.Cl. The summed E-state index contributed by atoms with van der Waals surface area (Å²) in [5.41, 5.74) is 0. The molecule has 5 nitrogen and oxygen atoms in total. The van der Waals surface area contributed by atoms with Crippen molar-refractivity contribution >= 4 is 24.2 Å². The highest BCUT2D eigenvalue weighted by Gasteiger charge is 2.27. The summed E-state index contributed by atoms with van der Waals surface area (Å²) in [5.74, 6) is 1.76. The minimum atomic E-state index is -0.0109. The topological polar surface area (TPSA) is 61.4 Å². The number of halogens is 1. The van der Waals surface area contributed by atoms with Crippen molar-refractivity contribution in [2.45, 2.75) is 58.9 Å². The predicted octanol–water partition coefficient (Wildman–Crippen LogP) is 2.20. The summed E-state index contributed by atoms with van der Waals surface area (Å²) in [5, 5.41) is 6.30. The van der Waals surface area contributed by atoms with Gasteiger partial charge in [-0.15, -0.1) is 12.4 Å². The zero-order valence-electron chi connectivity index (χ0n) is 15.3. The lowest BCUT2D eigenvalue weighted by molar-refractivity contribution is -0.134. The summed E-state index contributed by atoms with van der Waals surface area (Å²) in [6.07, 6.45) is 4.81. The summed E-state index contributed by atoms with van der Waals surface area (Å²) in [6.45, 7) is 9.80. The van der Waals surface area contributed by atoms with Crippen molar-refractivity contribution in [3.05, 3.63) is 0 Å². The minimum absolute atomic E-state index is 0. The van der Waals surface area contributed by atoms with Gasteiger partial charge in [0.05, 0.1) is 6.04 Å². The molecule has 3 unspecified atom stereocenters. The van der Waals surface area contributed by atoms with Crippen molar-refractivity contribution < 1.29 is 9.59 Å². The highest BCUT2D eigenvalue weighted by Crippen LogP contribution is 2.20. The Labute approximate surface area is 152 Å². The molecule has 0 saturated carbocycles. The number of carbonyl (C=O) groups is 2. The third kappa shape index (κ3) is 6.25. The minimum Gasteiger partial charge on any atom is -0.354 e. The van der Waals surface area contributed by atoms with Gasteiger partial charge in [0, 0.05) is 26.1 Å². The average Bonchev–Trinajstić information content (AvgIpc) is 3.07. The van der Waals surface area contributed by atoms with E-state index in [-0.39, 0.29) is 30.3 Å². The molecule has 2 amide bonds. The number of hydrogen-bond acceptors (Lipinski definition) is 3. The van der Waals surface area contributed by atoms with Gasteiger partial charge < -0.3 is 15.5 Å². The third-order valence-corrected chi connectivity index (χ3v) is 5.45. The number of carbonyl (C=O) groups excluding carboxylic acids is 2. The van der Waals surface area contributed by atoms with Gasteiger partial charge >= 0.3 is 0 Å². The van der Waals surface area contributed by atoms with Crippen LogP contribution in [-0.4, -0.2) is 48.9 Å². The van der Waals surface area contributed by atoms with Gasteiger partial charge in [-0.3, -0.25) is 9.59 Å². The van der Waals surface area contributed by atoms with E-state index < -0.39 is 0 Å². The first-order valence-corrected chi connectivity index (χ1v) is 9.26. The molecule has 2 fully saturated rings. The van der Waals surface area contributed by atoms with Crippen molar-refractivity contribution in [1.82, 2.24) is 15.5 Å². The Kier molecular flexibility index (Phi) is 9.06. The molecule has 0 aliphatic carbocycles. The molecule has 0 bridgehead atoms. The Morgan fingerprint density at radius 1 is 1.21 bits per heavy atom. The number of nitrogens with zero attached hydrogens (tertiary/aromatic N) is 1. The van der Waals surface area contributed by atoms with E-state index in [2.05, 4.69) is 31.4 Å². The molecular weight excluding hydrogens is 326 g/mol. The van der Waals surface area contributed by atoms with E-state index in [0.29, 0.717) is 30.7 Å². The molecule has 2 N–H and O–H groups in total. The maximum absolute atomic E-state index is 12.4. The first-order valence-electron chi connectivity index (χ1n) is 9.26. The lowest BCUT2D eigenvalue weighted by Gasteiger charge is -2.34. The monoisotopic (exact) mass is 359 g/mol. The van der Waals surface area contributed by atoms with Crippen LogP contribution in [0, 0.1) is 17.8 Å². The molecule has 0 spiro atoms. The van der Waals surface area contributed by atoms with Crippen LogP contribution in [0.25, 0.3) is 0 Å². The number of nitrogens with one attached hydrogen (secondary N) is 2. The Morgan fingerprint density at radius 2 is 1.96 bits per heavy atom. The maximum atomic E-state index is 12.4. The first-order chi connectivity index (χ1) is 11.0. The van der Waals surface area contributed by atoms with Crippen LogP contribution in [0.4, 0.5) is 0 Å². The van der Waals surface area contributed by atoms with Crippen LogP contribution in [0.15, 0.2) is 0 Å². The summed E-state index contributed by atoms with van der Waals surface area (Å²) in [7, 11) is 0. The molecule has 2 heterocycles. The molecule has 0 aromatic heterocycles. The van der Waals surface area contributed by atoms with Crippen LogP contribution in [0.3, 0.4) is 0 Å². The van der Waals surface area contributed by atoms with E-state index in [0.717, 1.165) is 45.3 Å². The Morgan fingerprint density at radius 3 is 2.58 bits per heavy atom. The molecular formula is C18H34ClN3O2. The predicted molar refractivity (Wildman–Crippen MR) is 99.2 cm³/mol. The van der Waals surface area contributed by atoms with Crippen LogP contribution < -0.4 is 10.6 Å². The van der Waals surface area contributed by atoms with Crippen LogP contribution in [0.2, 0.25) is 0 Å². The molecule has 24 heavy (non-hydrogen) atoms. The van der Waals surface area contributed by atoms with Crippen molar-refractivity contribution in [3.63, 3.8) is 0 Å². The highest BCUT2D eigenvalue weighted by molar-refractivity contribution is 5.85. The summed E-state index contributed by atoms with van der Waals surface area (Å²) in [4.78, 5) is 26.5. The second-order valence-electron chi connectivity index (χ2n) is 7.67. The van der Waals surface area contributed by atoms with Crippen LogP contribution >= 0.6 is 12.4 Å². The maximum Gasteiger partial charge on any atom is 0.237 e. The third-order valence-electron chi connectivity index (χ3n) is 5.45. The largest absolute Gasteiger partial charge is 0.354 e. The van der Waals surface area contributed by atoms with E-state index in [4.69, 9.17) is 0 Å². The van der Waals surface area contributed by atoms with Gasteiger partial charge in [0.1, 0.15) is 0 Å². The summed E-state index contributed by atoms with van der Waals surface area (Å²) in [6, 6.07) is -0.0109. The van der Waals surface area contributed by atoms with E-state index in [9.17, 15) is 9.59 Å². The van der Waals surface area contributed by atoms with Crippen molar-refractivity contribution in [3.8, 4) is 0 Å². The molecule has 6 heteroatoms. The van der Waals surface area contributed by atoms with Gasteiger partial charge in [0.2, 0.25) is 11.8 Å². The zero-order valence-corrected chi connectivity index (χ0v) is 16.2. The number of amides is 2. The molecule has 2 rings (SSSR count). The molecule has 2 saturated heterocycles. The van der Waals surface area contributed by atoms with Gasteiger partial charge in [-0.25, -0.2) is 0 Å². The quantitative estimate of drug-likeness (QED) is 0.764. The van der Waals surface area contributed by atoms with Crippen LogP contribution in [0.5, 0.6) is 0 Å². The van der Waals surface area contributed by atoms with E-state index >= 15 is 0 Å². The highest BCUT2D eigenvalue weighted by atomic mass is 35.5. The lowest BCUT2D eigenvalue weighted by Crippen LogP contribution is -2.47. The molecule has 3 atom stereocenters. The molecule has 0 radical (unpaired) electrons. The smallest absolute Gasteiger partial charge is 0.237 e. The lowest BCUT2D eigenvalue weighted by atomic mass is 9.92. The number of hydrogen-bond donors (Lipinski definition) is 2. The Bertz CT molecular complexity index is 411. The number of likely N-dealkylation sites (tertiary alicyclic amines) is 1. The first kappa shape index (κ1) is 21.2. The van der Waals surface area contributed by atoms with E-state index in [1.165, 1.54) is 0 Å². The Balaban J connectivity index is 0.00000288. The van der Waals surface area contributed by atoms with E-state index in [1.807, 2.05) is 4.90 Å². The molecule has 140 valence electrons. The number of rotatable bonds is 6. The van der Waals surface area contributed by atoms with Crippen molar-refractivity contribution in [2.24, 2.45) is 17.8 Å². The summed E-state index contributed by atoms with van der Waals surface area (Å²) >= 11 is 0. The average molecular weight is 360 g/mol. The molecule has 0 aromatic rings. The van der Waals surface area contributed by atoms with E-state index in [1.54, 1.807) is 0 Å². The second kappa shape index (κ2) is 10.2. The van der Waals surface area contributed by atoms with Gasteiger partial charge in [0.25, 0.3) is 0 Å². The fourth-order valence-electron chi connectivity index (χ4n) is 3.37. The van der Waals surface area contributed by atoms with Crippen LogP contribution in [0.1, 0.15) is 52.9 Å². The standard InChI is InChI=1S/C18H33N3O2.ClH/c1-13(2)14(3)10-17(22)21-9-5-6-15(12-21)11-20-18(23)16-7-4-8-19-16;/h13-16,19H,4-12H2,1-3H3,(H,20,23);1H. The van der Waals surface area contributed by atoms with Gasteiger partial charge in [-0.05, 0) is 50.0 Å². The van der Waals surface area contributed by atoms with Gasteiger partial charge in [-0.1, -0.05) is 20.8 Å². The fourth-order valence-corrected chi connectivity index (χ4v) is 3.37. The van der Waals surface area contributed by atoms with Crippen LogP contribution in [-0.2, 0) is 9.59 Å². The molecule has 2 aliphatic rings. The molecule has 0 aromatic carbocycles. The zero-order chi connectivity index (χ0) is 16.8. The van der Waals surface area contributed by atoms with Crippen molar-refractivity contribution in [1.29, 1.82) is 0 Å².